The molecule has 0 aromatic heterocycles. The Bertz CT molecular complexity index is 1080. The van der Waals surface area contributed by atoms with Gasteiger partial charge in [-0.15, -0.1) is 0 Å². The molecule has 1 amide bonds. The van der Waals surface area contributed by atoms with Crippen LogP contribution in [0.3, 0.4) is 0 Å². The number of rotatable bonds is 8. The van der Waals surface area contributed by atoms with E-state index in [4.69, 9.17) is 0 Å². The second-order valence-corrected chi connectivity index (χ2v) is 9.25. The van der Waals surface area contributed by atoms with Gasteiger partial charge < -0.3 is 5.32 Å². The number of carbonyl (C=O) groups excluding carboxylic acids is 1. The Morgan fingerprint density at radius 3 is 2.13 bits per heavy atom. The van der Waals surface area contributed by atoms with Crippen molar-refractivity contribution in [1.29, 1.82) is 0 Å². The van der Waals surface area contributed by atoms with Gasteiger partial charge in [0.05, 0.1) is 10.9 Å². The molecule has 0 unspecified atom stereocenters. The fourth-order valence-electron chi connectivity index (χ4n) is 3.20. The predicted molar refractivity (Wildman–Crippen MR) is 120 cm³/mol. The Morgan fingerprint density at radius 2 is 1.50 bits per heavy atom. The number of amides is 1. The molecule has 5 nitrogen and oxygen atoms in total. The molecule has 3 rings (SSSR count). The van der Waals surface area contributed by atoms with Crippen LogP contribution in [0.2, 0.25) is 0 Å². The summed E-state index contributed by atoms with van der Waals surface area (Å²) < 4.78 is 28.0. The highest BCUT2D eigenvalue weighted by Gasteiger charge is 2.20. The molecule has 3 aromatic rings. The van der Waals surface area contributed by atoms with Crippen molar-refractivity contribution in [3.63, 3.8) is 0 Å². The SMILES string of the molecule is CC(C)C[C@H](NC(=O)c1cccc(S(=O)(=O)Nc2ccccc2)c1)c1ccccc1. The van der Waals surface area contributed by atoms with Crippen molar-refractivity contribution < 1.29 is 13.2 Å². The number of carbonyl (C=O) groups is 1. The summed E-state index contributed by atoms with van der Waals surface area (Å²) in [4.78, 5) is 13.0. The third kappa shape index (κ3) is 5.70. The van der Waals surface area contributed by atoms with Crippen LogP contribution in [0.4, 0.5) is 5.69 Å². The van der Waals surface area contributed by atoms with E-state index in [2.05, 4.69) is 23.9 Å². The van der Waals surface area contributed by atoms with Crippen LogP contribution >= 0.6 is 0 Å². The normalized spacial score (nSPS) is 12.4. The van der Waals surface area contributed by atoms with Gasteiger partial charge in [-0.2, -0.15) is 0 Å². The maximum absolute atomic E-state index is 12.9. The minimum Gasteiger partial charge on any atom is -0.345 e. The lowest BCUT2D eigenvalue weighted by Crippen LogP contribution is -2.29. The third-order valence-corrected chi connectivity index (χ3v) is 6.03. The summed E-state index contributed by atoms with van der Waals surface area (Å²) in [7, 11) is -3.80. The van der Waals surface area contributed by atoms with Crippen LogP contribution in [0.25, 0.3) is 0 Å². The molecule has 0 heterocycles. The van der Waals surface area contributed by atoms with E-state index in [-0.39, 0.29) is 16.8 Å². The van der Waals surface area contributed by atoms with E-state index < -0.39 is 10.0 Å². The molecule has 2 N–H and O–H groups in total. The van der Waals surface area contributed by atoms with Gasteiger partial charge in [-0.3, -0.25) is 9.52 Å². The number of hydrogen-bond acceptors (Lipinski definition) is 3. The summed E-state index contributed by atoms with van der Waals surface area (Å²) in [5, 5.41) is 3.06. The van der Waals surface area contributed by atoms with Crippen molar-refractivity contribution in [2.45, 2.75) is 31.2 Å². The highest BCUT2D eigenvalue weighted by Crippen LogP contribution is 2.22. The van der Waals surface area contributed by atoms with Crippen LogP contribution in [-0.2, 0) is 10.0 Å². The van der Waals surface area contributed by atoms with Gasteiger partial charge in [-0.1, -0.05) is 68.4 Å². The lowest BCUT2D eigenvalue weighted by molar-refractivity contribution is 0.0931. The lowest BCUT2D eigenvalue weighted by Gasteiger charge is -2.21. The highest BCUT2D eigenvalue weighted by atomic mass is 32.2. The smallest absolute Gasteiger partial charge is 0.261 e. The van der Waals surface area contributed by atoms with Gasteiger partial charge in [-0.25, -0.2) is 8.42 Å². The van der Waals surface area contributed by atoms with Crippen LogP contribution in [0.15, 0.2) is 89.8 Å². The fraction of sp³-hybridized carbons (Fsp3) is 0.208. The first-order valence-electron chi connectivity index (χ1n) is 9.89. The molecule has 3 aromatic carbocycles. The summed E-state index contributed by atoms with van der Waals surface area (Å²) in [6.45, 7) is 4.20. The van der Waals surface area contributed by atoms with Crippen molar-refractivity contribution in [2.24, 2.45) is 5.92 Å². The molecule has 6 heteroatoms. The zero-order valence-corrected chi connectivity index (χ0v) is 17.9. The third-order valence-electron chi connectivity index (χ3n) is 4.65. The van der Waals surface area contributed by atoms with E-state index in [1.807, 2.05) is 36.4 Å². The van der Waals surface area contributed by atoms with E-state index in [0.717, 1.165) is 12.0 Å². The van der Waals surface area contributed by atoms with E-state index in [1.165, 1.54) is 12.1 Å². The maximum atomic E-state index is 12.9. The van der Waals surface area contributed by atoms with Crippen LogP contribution in [0.5, 0.6) is 0 Å². The topological polar surface area (TPSA) is 75.3 Å². The quantitative estimate of drug-likeness (QED) is 0.536. The number of sulfonamides is 1. The fourth-order valence-corrected chi connectivity index (χ4v) is 4.31. The number of hydrogen-bond donors (Lipinski definition) is 2. The van der Waals surface area contributed by atoms with Crippen molar-refractivity contribution in [3.05, 3.63) is 96.1 Å². The van der Waals surface area contributed by atoms with Gasteiger partial charge in [0.1, 0.15) is 0 Å². The molecule has 0 bridgehead atoms. The first kappa shape index (κ1) is 21.6. The van der Waals surface area contributed by atoms with Gasteiger partial charge in [0.15, 0.2) is 0 Å². The lowest BCUT2D eigenvalue weighted by atomic mass is 9.96. The highest BCUT2D eigenvalue weighted by molar-refractivity contribution is 7.92. The Morgan fingerprint density at radius 1 is 0.867 bits per heavy atom. The molecule has 0 aliphatic carbocycles. The molecule has 0 aliphatic rings. The molecule has 0 radical (unpaired) electrons. The van der Waals surface area contributed by atoms with Crippen molar-refractivity contribution in [3.8, 4) is 0 Å². The minimum atomic E-state index is -3.80. The number of para-hydroxylation sites is 1. The molecule has 0 saturated heterocycles. The summed E-state index contributed by atoms with van der Waals surface area (Å²) in [5.41, 5.74) is 1.79. The van der Waals surface area contributed by atoms with Gasteiger partial charge in [0.2, 0.25) is 0 Å². The molecular formula is C24H26N2O3S. The first-order valence-corrected chi connectivity index (χ1v) is 11.4. The molecule has 0 spiro atoms. The molecular weight excluding hydrogens is 396 g/mol. The molecule has 0 aliphatic heterocycles. The van der Waals surface area contributed by atoms with Crippen LogP contribution < -0.4 is 10.0 Å². The Balaban J connectivity index is 1.81. The Hall–Kier alpha value is -3.12. The van der Waals surface area contributed by atoms with Crippen molar-refractivity contribution in [1.82, 2.24) is 5.32 Å². The standard InChI is InChI=1S/C24H26N2O3S/c1-18(2)16-23(19-10-5-3-6-11-19)25-24(27)20-12-9-15-22(17-20)30(28,29)26-21-13-7-4-8-14-21/h3-15,17-18,23,26H,16H2,1-2H3,(H,25,27)/t23-/m0/s1. The zero-order valence-electron chi connectivity index (χ0n) is 17.1. The average Bonchev–Trinajstić information content (AvgIpc) is 2.74. The molecule has 156 valence electrons. The Kier molecular flexibility index (Phi) is 6.90. The summed E-state index contributed by atoms with van der Waals surface area (Å²) in [6, 6.07) is 24.4. The van der Waals surface area contributed by atoms with Gasteiger partial charge in [0, 0.05) is 11.3 Å². The van der Waals surface area contributed by atoms with Gasteiger partial charge in [0.25, 0.3) is 15.9 Å². The van der Waals surface area contributed by atoms with E-state index in [9.17, 15) is 13.2 Å². The minimum absolute atomic E-state index is 0.0409. The average molecular weight is 423 g/mol. The van der Waals surface area contributed by atoms with E-state index in [1.54, 1.807) is 36.4 Å². The number of benzene rings is 3. The monoisotopic (exact) mass is 422 g/mol. The van der Waals surface area contributed by atoms with E-state index in [0.29, 0.717) is 17.2 Å². The largest absolute Gasteiger partial charge is 0.345 e. The second-order valence-electron chi connectivity index (χ2n) is 7.57. The van der Waals surface area contributed by atoms with Crippen molar-refractivity contribution in [2.75, 3.05) is 4.72 Å². The Labute approximate surface area is 178 Å². The predicted octanol–water partition coefficient (Wildman–Crippen LogP) is 5.00. The van der Waals surface area contributed by atoms with Crippen LogP contribution in [0.1, 0.15) is 42.2 Å². The van der Waals surface area contributed by atoms with Gasteiger partial charge >= 0.3 is 0 Å². The summed E-state index contributed by atoms with van der Waals surface area (Å²) in [6.07, 6.45) is 0.781. The molecule has 0 saturated carbocycles. The maximum Gasteiger partial charge on any atom is 0.261 e. The number of anilines is 1. The summed E-state index contributed by atoms with van der Waals surface area (Å²) >= 11 is 0. The molecule has 0 fully saturated rings. The zero-order chi connectivity index (χ0) is 21.6. The first-order chi connectivity index (χ1) is 14.3. The second kappa shape index (κ2) is 9.59. The van der Waals surface area contributed by atoms with Crippen LogP contribution in [0, 0.1) is 5.92 Å². The molecule has 1 atom stereocenters. The molecule has 30 heavy (non-hydrogen) atoms. The van der Waals surface area contributed by atoms with Crippen LogP contribution in [-0.4, -0.2) is 14.3 Å². The summed E-state index contributed by atoms with van der Waals surface area (Å²) in [5.74, 6) is 0.0820. The van der Waals surface area contributed by atoms with Crippen molar-refractivity contribution >= 4 is 21.6 Å². The number of nitrogens with one attached hydrogen (secondary N) is 2. The van der Waals surface area contributed by atoms with Gasteiger partial charge in [-0.05, 0) is 48.2 Å². The van der Waals surface area contributed by atoms with E-state index >= 15 is 0 Å².